The van der Waals surface area contributed by atoms with E-state index in [2.05, 4.69) is 17.1 Å². The molecule has 0 aromatic heterocycles. The molecule has 2 rings (SSSR count). The number of carbonyl (C=O) groups excluding carboxylic acids is 1. The van der Waals surface area contributed by atoms with Crippen LogP contribution in [0.3, 0.4) is 0 Å². The fourth-order valence-electron chi connectivity index (χ4n) is 2.82. The Kier molecular flexibility index (Phi) is 7.74. The number of carbonyl (C=O) groups is 1. The first-order valence-electron chi connectivity index (χ1n) is 8.66. The third-order valence-electron chi connectivity index (χ3n) is 4.35. The number of benzene rings is 1. The minimum absolute atomic E-state index is 0.140. The number of hydrogen-bond donors (Lipinski definition) is 1. The summed E-state index contributed by atoms with van der Waals surface area (Å²) in [5.74, 6) is 1.48. The quantitative estimate of drug-likeness (QED) is 0.706. The van der Waals surface area contributed by atoms with E-state index in [0.29, 0.717) is 23.8 Å². The van der Waals surface area contributed by atoms with Crippen LogP contribution in [0.1, 0.15) is 12.5 Å². The van der Waals surface area contributed by atoms with Crippen molar-refractivity contribution in [2.24, 2.45) is 0 Å². The molecule has 0 radical (unpaired) electrons. The second kappa shape index (κ2) is 10.0. The highest BCUT2D eigenvalue weighted by Gasteiger charge is 2.17. The average molecular weight is 364 g/mol. The monoisotopic (exact) mass is 364 g/mol. The number of rotatable bonds is 8. The largest absolute Gasteiger partial charge is 0.493 e. The van der Waals surface area contributed by atoms with Crippen LogP contribution in [0.25, 0.3) is 6.08 Å². The van der Waals surface area contributed by atoms with Crippen LogP contribution in [-0.4, -0.2) is 71.0 Å². The van der Waals surface area contributed by atoms with Gasteiger partial charge in [0.2, 0.25) is 11.7 Å². The van der Waals surface area contributed by atoms with Crippen molar-refractivity contribution in [1.82, 2.24) is 10.2 Å². The molecule has 1 amide bonds. The van der Waals surface area contributed by atoms with Gasteiger partial charge in [-0.05, 0) is 30.7 Å². The van der Waals surface area contributed by atoms with E-state index in [-0.39, 0.29) is 11.9 Å². The molecule has 1 fully saturated rings. The van der Waals surface area contributed by atoms with Crippen molar-refractivity contribution >= 4 is 12.0 Å². The number of methoxy groups -OCH3 is 3. The lowest BCUT2D eigenvalue weighted by molar-refractivity contribution is -0.116. The molecule has 26 heavy (non-hydrogen) atoms. The molecular formula is C19H28N2O5. The summed E-state index contributed by atoms with van der Waals surface area (Å²) in [6.07, 6.45) is 3.23. The van der Waals surface area contributed by atoms with Gasteiger partial charge in [-0.25, -0.2) is 0 Å². The summed E-state index contributed by atoms with van der Waals surface area (Å²) in [6, 6.07) is 3.86. The van der Waals surface area contributed by atoms with Crippen LogP contribution in [0.2, 0.25) is 0 Å². The second-order valence-electron chi connectivity index (χ2n) is 6.03. The van der Waals surface area contributed by atoms with Crippen LogP contribution in [0.15, 0.2) is 18.2 Å². The molecule has 1 aromatic rings. The summed E-state index contributed by atoms with van der Waals surface area (Å²) in [5.41, 5.74) is 0.788. The molecule has 1 aliphatic rings. The Bertz CT molecular complexity index is 601. The Morgan fingerprint density at radius 2 is 1.81 bits per heavy atom. The second-order valence-corrected chi connectivity index (χ2v) is 6.03. The maximum Gasteiger partial charge on any atom is 0.244 e. The van der Waals surface area contributed by atoms with E-state index >= 15 is 0 Å². The maximum absolute atomic E-state index is 12.1. The van der Waals surface area contributed by atoms with Crippen LogP contribution in [-0.2, 0) is 9.53 Å². The number of hydrogen-bond acceptors (Lipinski definition) is 6. The molecule has 144 valence electrons. The number of amides is 1. The lowest BCUT2D eigenvalue weighted by Gasteiger charge is -2.32. The molecule has 1 aliphatic heterocycles. The SMILES string of the molecule is COc1cc(/C=C/C(=O)NC[C@H](C)N2CCOCC2)cc(OC)c1OC. The summed E-state index contributed by atoms with van der Waals surface area (Å²) in [5, 5.41) is 2.93. The van der Waals surface area contributed by atoms with Crippen molar-refractivity contribution in [1.29, 1.82) is 0 Å². The molecule has 0 spiro atoms. The van der Waals surface area contributed by atoms with Crippen molar-refractivity contribution in [3.63, 3.8) is 0 Å². The fourth-order valence-corrected chi connectivity index (χ4v) is 2.82. The lowest BCUT2D eigenvalue weighted by Crippen LogP contribution is -2.47. The molecule has 0 unspecified atom stereocenters. The van der Waals surface area contributed by atoms with Crippen LogP contribution in [0.5, 0.6) is 17.2 Å². The standard InChI is InChI=1S/C19H28N2O5/c1-14(21-7-9-26-10-8-21)13-20-18(22)6-5-15-11-16(23-2)19(25-4)17(12-15)24-3/h5-6,11-12,14H,7-10,13H2,1-4H3,(H,20,22)/b6-5+/t14-/m0/s1. The first kappa shape index (κ1) is 20.1. The first-order chi connectivity index (χ1) is 12.6. The molecule has 1 atom stereocenters. The first-order valence-corrected chi connectivity index (χ1v) is 8.66. The normalized spacial score (nSPS) is 16.3. The van der Waals surface area contributed by atoms with Gasteiger partial charge in [0.1, 0.15) is 0 Å². The molecule has 0 bridgehead atoms. The van der Waals surface area contributed by atoms with Gasteiger partial charge < -0.3 is 24.3 Å². The summed E-state index contributed by atoms with van der Waals surface area (Å²) in [6.45, 7) is 6.00. The van der Waals surface area contributed by atoms with Crippen LogP contribution in [0.4, 0.5) is 0 Å². The van der Waals surface area contributed by atoms with E-state index in [1.807, 2.05) is 0 Å². The van der Waals surface area contributed by atoms with E-state index in [0.717, 1.165) is 31.9 Å². The molecule has 7 heteroatoms. The third-order valence-corrected chi connectivity index (χ3v) is 4.35. The van der Waals surface area contributed by atoms with Gasteiger partial charge in [-0.3, -0.25) is 9.69 Å². The van der Waals surface area contributed by atoms with E-state index in [1.54, 1.807) is 39.5 Å². The van der Waals surface area contributed by atoms with E-state index in [9.17, 15) is 4.79 Å². The van der Waals surface area contributed by atoms with Gasteiger partial charge in [0.25, 0.3) is 0 Å². The van der Waals surface area contributed by atoms with Crippen LogP contribution < -0.4 is 19.5 Å². The Morgan fingerprint density at radius 3 is 2.35 bits per heavy atom. The molecule has 0 aliphatic carbocycles. The van der Waals surface area contributed by atoms with Gasteiger partial charge in [-0.1, -0.05) is 0 Å². The minimum Gasteiger partial charge on any atom is -0.493 e. The van der Waals surface area contributed by atoms with Gasteiger partial charge in [-0.2, -0.15) is 0 Å². The highest BCUT2D eigenvalue weighted by atomic mass is 16.5. The van der Waals surface area contributed by atoms with Crippen molar-refractivity contribution in [3.8, 4) is 17.2 Å². The molecule has 1 saturated heterocycles. The van der Waals surface area contributed by atoms with E-state index in [1.165, 1.54) is 6.08 Å². The van der Waals surface area contributed by atoms with Gasteiger partial charge in [0.15, 0.2) is 11.5 Å². The smallest absolute Gasteiger partial charge is 0.244 e. The predicted molar refractivity (Wildman–Crippen MR) is 100.0 cm³/mol. The topological polar surface area (TPSA) is 69.3 Å². The van der Waals surface area contributed by atoms with Crippen molar-refractivity contribution in [3.05, 3.63) is 23.8 Å². The highest BCUT2D eigenvalue weighted by molar-refractivity contribution is 5.91. The molecule has 1 N–H and O–H groups in total. The third kappa shape index (κ3) is 5.37. The van der Waals surface area contributed by atoms with Gasteiger partial charge in [0, 0.05) is 31.8 Å². The van der Waals surface area contributed by atoms with E-state index in [4.69, 9.17) is 18.9 Å². The predicted octanol–water partition coefficient (Wildman–Crippen LogP) is 1.56. The molecule has 1 heterocycles. The average Bonchev–Trinajstić information content (AvgIpc) is 2.69. The van der Waals surface area contributed by atoms with Gasteiger partial charge in [-0.15, -0.1) is 0 Å². The summed E-state index contributed by atoms with van der Waals surface area (Å²) >= 11 is 0. The maximum atomic E-state index is 12.1. The summed E-state index contributed by atoms with van der Waals surface area (Å²) in [4.78, 5) is 14.4. The van der Waals surface area contributed by atoms with Crippen molar-refractivity contribution in [2.45, 2.75) is 13.0 Å². The number of morpholine rings is 1. The van der Waals surface area contributed by atoms with Gasteiger partial charge >= 0.3 is 0 Å². The van der Waals surface area contributed by atoms with Gasteiger partial charge in [0.05, 0.1) is 34.5 Å². The van der Waals surface area contributed by atoms with Crippen LogP contribution in [0, 0.1) is 0 Å². The zero-order chi connectivity index (χ0) is 18.9. The highest BCUT2D eigenvalue weighted by Crippen LogP contribution is 2.38. The number of nitrogens with zero attached hydrogens (tertiary/aromatic N) is 1. The summed E-state index contributed by atoms with van der Waals surface area (Å²) < 4.78 is 21.3. The Labute approximate surface area is 154 Å². The zero-order valence-corrected chi connectivity index (χ0v) is 15.9. The summed E-state index contributed by atoms with van der Waals surface area (Å²) in [7, 11) is 4.67. The Morgan fingerprint density at radius 1 is 1.19 bits per heavy atom. The molecule has 7 nitrogen and oxygen atoms in total. The Balaban J connectivity index is 1.94. The molecular weight excluding hydrogens is 336 g/mol. The molecule has 0 saturated carbocycles. The van der Waals surface area contributed by atoms with Crippen molar-refractivity contribution in [2.75, 3.05) is 54.2 Å². The number of ether oxygens (including phenoxy) is 4. The number of nitrogens with one attached hydrogen (secondary N) is 1. The fraction of sp³-hybridized carbons (Fsp3) is 0.526. The zero-order valence-electron chi connectivity index (χ0n) is 15.9. The Hall–Kier alpha value is -2.25. The van der Waals surface area contributed by atoms with Crippen molar-refractivity contribution < 1.29 is 23.7 Å². The minimum atomic E-state index is -0.140. The van der Waals surface area contributed by atoms with E-state index < -0.39 is 0 Å². The molecule has 1 aromatic carbocycles. The lowest BCUT2D eigenvalue weighted by atomic mass is 10.1. The van der Waals surface area contributed by atoms with Crippen LogP contribution >= 0.6 is 0 Å².